The number of pyridine rings is 1. The average Bonchev–Trinajstić information content (AvgIpc) is 3.10. The number of benzene rings is 1. The minimum absolute atomic E-state index is 0.113. The fourth-order valence-electron chi connectivity index (χ4n) is 2.68. The van der Waals surface area contributed by atoms with Crippen LogP contribution in [0.25, 0.3) is 22.0 Å². The number of aromatic nitrogens is 1. The minimum atomic E-state index is -0.113. The molecule has 6 heteroatoms. The molecule has 0 spiro atoms. The second kappa shape index (κ2) is 3.69. The molecule has 1 aromatic carbocycles. The van der Waals surface area contributed by atoms with E-state index in [0.717, 1.165) is 0 Å². The lowest BCUT2D eigenvalue weighted by Gasteiger charge is -2.12. The number of hydrogen-bond donors (Lipinski definition) is 0. The van der Waals surface area contributed by atoms with Crippen LogP contribution in [0.2, 0.25) is 0 Å². The number of ether oxygens (including phenoxy) is 3. The van der Waals surface area contributed by atoms with Gasteiger partial charge in [-0.15, -0.1) is 0 Å². The highest BCUT2D eigenvalue weighted by Crippen LogP contribution is 2.45. The lowest BCUT2D eigenvalue weighted by molar-refractivity contribution is 0.171. The molecule has 0 radical (unpaired) electrons. The van der Waals surface area contributed by atoms with Gasteiger partial charge < -0.3 is 23.2 Å². The van der Waals surface area contributed by atoms with E-state index in [-0.39, 0.29) is 12.2 Å². The van der Waals surface area contributed by atoms with Crippen molar-refractivity contribution in [3.8, 4) is 17.2 Å². The lowest BCUT2D eigenvalue weighted by atomic mass is 10.1. The van der Waals surface area contributed by atoms with Gasteiger partial charge in [-0.2, -0.15) is 0 Å². The molecule has 102 valence electrons. The van der Waals surface area contributed by atoms with Crippen LogP contribution in [0, 0.1) is 0 Å². The molecule has 2 aromatic heterocycles. The Bertz CT molecular complexity index is 905. The maximum absolute atomic E-state index is 12.5. The second-order valence-electron chi connectivity index (χ2n) is 4.57. The van der Waals surface area contributed by atoms with Gasteiger partial charge in [-0.05, 0) is 12.1 Å². The summed E-state index contributed by atoms with van der Waals surface area (Å²) in [6.07, 6.45) is 1.50. The Morgan fingerprint density at radius 1 is 1.30 bits per heavy atom. The van der Waals surface area contributed by atoms with Crippen LogP contribution in [0.3, 0.4) is 0 Å². The zero-order chi connectivity index (χ0) is 13.9. The Labute approximate surface area is 113 Å². The topological polar surface area (TPSA) is 62.8 Å². The molecular formula is C14H11NO5. The van der Waals surface area contributed by atoms with Crippen molar-refractivity contribution in [2.75, 3.05) is 13.9 Å². The van der Waals surface area contributed by atoms with Gasteiger partial charge in [0.15, 0.2) is 11.5 Å². The number of nitrogens with zero attached hydrogens (tertiary/aromatic N) is 1. The van der Waals surface area contributed by atoms with E-state index in [1.54, 1.807) is 16.7 Å². The molecule has 20 heavy (non-hydrogen) atoms. The Balaban J connectivity index is 2.32. The van der Waals surface area contributed by atoms with Crippen molar-refractivity contribution in [1.82, 2.24) is 4.57 Å². The summed E-state index contributed by atoms with van der Waals surface area (Å²) in [5.41, 5.74) is 1.02. The molecule has 4 rings (SSSR count). The van der Waals surface area contributed by atoms with Crippen molar-refractivity contribution in [1.29, 1.82) is 0 Å². The molecule has 0 atom stereocenters. The molecule has 0 fully saturated rings. The SMILES string of the molecule is COc1c2c(cc3c(=O)c4ccoc4n(C)c13)OCO2. The Morgan fingerprint density at radius 2 is 2.15 bits per heavy atom. The third-order valence-electron chi connectivity index (χ3n) is 3.57. The second-order valence-corrected chi connectivity index (χ2v) is 4.57. The van der Waals surface area contributed by atoms with E-state index >= 15 is 0 Å². The Hall–Kier alpha value is -2.63. The van der Waals surface area contributed by atoms with E-state index in [1.807, 2.05) is 7.05 Å². The van der Waals surface area contributed by atoms with Crippen LogP contribution in [0.4, 0.5) is 0 Å². The van der Waals surface area contributed by atoms with Crippen LogP contribution < -0.4 is 19.6 Å². The minimum Gasteiger partial charge on any atom is -0.491 e. The molecule has 0 saturated carbocycles. The summed E-state index contributed by atoms with van der Waals surface area (Å²) in [6.45, 7) is 0.121. The van der Waals surface area contributed by atoms with Crippen molar-refractivity contribution in [3.05, 3.63) is 28.6 Å². The summed E-state index contributed by atoms with van der Waals surface area (Å²) < 4.78 is 23.4. The van der Waals surface area contributed by atoms with Gasteiger partial charge in [0.25, 0.3) is 0 Å². The standard InChI is InChI=1S/C14H11NO5/c1-15-10-8(11(16)7-3-4-18-14(7)15)5-9-12(13(10)17-2)20-6-19-9/h3-5H,6H2,1-2H3. The zero-order valence-corrected chi connectivity index (χ0v) is 10.9. The van der Waals surface area contributed by atoms with Gasteiger partial charge in [0.05, 0.1) is 24.1 Å². The zero-order valence-electron chi connectivity index (χ0n) is 10.9. The average molecular weight is 273 g/mol. The molecular weight excluding hydrogens is 262 g/mol. The molecule has 0 amide bonds. The predicted octanol–water partition coefficient (Wildman–Crippen LogP) is 2.02. The lowest BCUT2D eigenvalue weighted by Crippen LogP contribution is -2.09. The van der Waals surface area contributed by atoms with Crippen LogP contribution >= 0.6 is 0 Å². The molecule has 0 N–H and O–H groups in total. The number of hydrogen-bond acceptors (Lipinski definition) is 5. The monoisotopic (exact) mass is 273 g/mol. The number of fused-ring (bicyclic) bond motifs is 3. The molecule has 3 heterocycles. The molecule has 6 nitrogen and oxygen atoms in total. The van der Waals surface area contributed by atoms with E-state index in [4.69, 9.17) is 18.6 Å². The van der Waals surface area contributed by atoms with E-state index in [1.165, 1.54) is 13.4 Å². The third-order valence-corrected chi connectivity index (χ3v) is 3.57. The molecule has 0 bridgehead atoms. The highest BCUT2D eigenvalue weighted by atomic mass is 16.7. The molecule has 3 aromatic rings. The van der Waals surface area contributed by atoms with Gasteiger partial charge in [0.2, 0.25) is 23.7 Å². The first-order chi connectivity index (χ1) is 9.72. The van der Waals surface area contributed by atoms with Crippen LogP contribution in [-0.2, 0) is 7.05 Å². The first-order valence-corrected chi connectivity index (χ1v) is 6.09. The van der Waals surface area contributed by atoms with Crippen molar-refractivity contribution in [2.45, 2.75) is 0 Å². The quantitative estimate of drug-likeness (QED) is 0.678. The molecule has 1 aliphatic rings. The highest BCUT2D eigenvalue weighted by molar-refractivity contribution is 5.97. The van der Waals surface area contributed by atoms with Crippen LogP contribution in [-0.4, -0.2) is 18.5 Å². The Morgan fingerprint density at radius 3 is 2.95 bits per heavy atom. The summed E-state index contributed by atoms with van der Waals surface area (Å²) >= 11 is 0. The summed E-state index contributed by atoms with van der Waals surface area (Å²) in [6, 6.07) is 3.35. The van der Waals surface area contributed by atoms with Gasteiger partial charge in [-0.25, -0.2) is 0 Å². The number of rotatable bonds is 1. The van der Waals surface area contributed by atoms with E-state index in [0.29, 0.717) is 39.3 Å². The summed E-state index contributed by atoms with van der Waals surface area (Å²) in [4.78, 5) is 12.5. The first kappa shape index (κ1) is 11.2. The summed E-state index contributed by atoms with van der Waals surface area (Å²) in [7, 11) is 3.35. The van der Waals surface area contributed by atoms with Crippen molar-refractivity contribution >= 4 is 22.0 Å². The highest BCUT2D eigenvalue weighted by Gasteiger charge is 2.25. The summed E-state index contributed by atoms with van der Waals surface area (Å²) in [5, 5.41) is 1.04. The molecule has 0 unspecified atom stereocenters. The fraction of sp³-hybridized carbons (Fsp3) is 0.214. The summed E-state index contributed by atoms with van der Waals surface area (Å²) in [5.74, 6) is 1.52. The maximum Gasteiger partial charge on any atom is 0.231 e. The van der Waals surface area contributed by atoms with Crippen molar-refractivity contribution in [2.24, 2.45) is 7.05 Å². The number of furan rings is 1. The molecule has 1 aliphatic heterocycles. The molecule has 0 aliphatic carbocycles. The van der Waals surface area contributed by atoms with E-state index < -0.39 is 0 Å². The van der Waals surface area contributed by atoms with Crippen LogP contribution in [0.15, 0.2) is 27.6 Å². The van der Waals surface area contributed by atoms with Gasteiger partial charge in [0.1, 0.15) is 5.52 Å². The Kier molecular flexibility index (Phi) is 2.07. The van der Waals surface area contributed by atoms with Crippen molar-refractivity contribution < 1.29 is 18.6 Å². The van der Waals surface area contributed by atoms with E-state index in [2.05, 4.69) is 0 Å². The van der Waals surface area contributed by atoms with Gasteiger partial charge in [0, 0.05) is 7.05 Å². The predicted molar refractivity (Wildman–Crippen MR) is 71.6 cm³/mol. The van der Waals surface area contributed by atoms with Crippen molar-refractivity contribution in [3.63, 3.8) is 0 Å². The van der Waals surface area contributed by atoms with E-state index in [9.17, 15) is 4.79 Å². The number of aryl methyl sites for hydroxylation is 1. The van der Waals surface area contributed by atoms with Crippen LogP contribution in [0.5, 0.6) is 17.2 Å². The smallest absolute Gasteiger partial charge is 0.231 e. The fourth-order valence-corrected chi connectivity index (χ4v) is 2.68. The number of methoxy groups -OCH3 is 1. The van der Waals surface area contributed by atoms with Gasteiger partial charge in [-0.1, -0.05) is 0 Å². The van der Waals surface area contributed by atoms with Gasteiger partial charge in [-0.3, -0.25) is 4.79 Å². The third kappa shape index (κ3) is 1.20. The first-order valence-electron chi connectivity index (χ1n) is 6.09. The van der Waals surface area contributed by atoms with Gasteiger partial charge >= 0.3 is 0 Å². The van der Waals surface area contributed by atoms with Crippen LogP contribution in [0.1, 0.15) is 0 Å². The largest absolute Gasteiger partial charge is 0.491 e. The maximum atomic E-state index is 12.5. The molecule has 0 saturated heterocycles. The normalized spacial score (nSPS) is 13.3.